The van der Waals surface area contributed by atoms with E-state index in [1.807, 2.05) is 31.2 Å². The maximum atomic E-state index is 11.0. The van der Waals surface area contributed by atoms with Crippen LogP contribution in [-0.2, 0) is 17.8 Å². The van der Waals surface area contributed by atoms with E-state index in [2.05, 4.69) is 27.4 Å². The molecule has 152 valence electrons. The number of aryl methyl sites for hydroxylation is 2. The van der Waals surface area contributed by atoms with E-state index in [-0.39, 0.29) is 12.8 Å². The maximum absolute atomic E-state index is 11.0. The van der Waals surface area contributed by atoms with Crippen LogP contribution in [0.2, 0.25) is 0 Å². The highest BCUT2D eigenvalue weighted by Crippen LogP contribution is 2.31. The van der Waals surface area contributed by atoms with Crippen LogP contribution >= 0.6 is 0 Å². The minimum Gasteiger partial charge on any atom is -0.495 e. The summed E-state index contributed by atoms with van der Waals surface area (Å²) >= 11 is 0. The number of anilines is 1. The summed E-state index contributed by atoms with van der Waals surface area (Å²) in [5, 5.41) is 21.7. The van der Waals surface area contributed by atoms with E-state index < -0.39 is 5.97 Å². The number of nitrogens with one attached hydrogen (secondary N) is 1. The smallest absolute Gasteiger partial charge is 0.303 e. The molecular weight excluding hydrogens is 380 g/mol. The molecule has 7 heteroatoms. The lowest BCUT2D eigenvalue weighted by atomic mass is 9.98. The Balaban J connectivity index is 1.81. The van der Waals surface area contributed by atoms with Crippen LogP contribution in [0, 0.1) is 18.3 Å². The van der Waals surface area contributed by atoms with Crippen LogP contribution in [-0.4, -0.2) is 28.2 Å². The number of carboxylic acids is 1. The minimum atomic E-state index is -0.909. The Morgan fingerprint density at radius 3 is 2.60 bits per heavy atom. The van der Waals surface area contributed by atoms with Crippen molar-refractivity contribution >= 4 is 11.9 Å². The largest absolute Gasteiger partial charge is 0.495 e. The highest BCUT2D eigenvalue weighted by molar-refractivity contribution is 5.70. The standard InChI is InChI=1S/C23H22N4O3/c1-15-4-3-5-16(8-15)12-25-23-26-13-20(14-27-23)18-9-17(6-7-21(28)29)22(30-2)19(10-18)11-24/h3-5,8-10,13-14H,6-7,12H2,1-2H3,(H,28,29)(H,25,26,27). The molecular formula is C23H22N4O3. The van der Waals surface area contributed by atoms with E-state index in [1.54, 1.807) is 18.5 Å². The summed E-state index contributed by atoms with van der Waals surface area (Å²) in [6.07, 6.45) is 3.56. The molecule has 30 heavy (non-hydrogen) atoms. The molecule has 7 nitrogen and oxygen atoms in total. The van der Waals surface area contributed by atoms with Gasteiger partial charge in [0, 0.05) is 30.9 Å². The highest BCUT2D eigenvalue weighted by atomic mass is 16.5. The summed E-state index contributed by atoms with van der Waals surface area (Å²) in [7, 11) is 1.47. The molecule has 1 heterocycles. The van der Waals surface area contributed by atoms with E-state index >= 15 is 0 Å². The van der Waals surface area contributed by atoms with Gasteiger partial charge in [0.2, 0.25) is 5.95 Å². The first-order valence-electron chi connectivity index (χ1n) is 9.44. The van der Waals surface area contributed by atoms with Crippen LogP contribution < -0.4 is 10.1 Å². The number of aliphatic carboxylic acids is 1. The third-order valence-corrected chi connectivity index (χ3v) is 4.62. The Morgan fingerprint density at radius 2 is 1.97 bits per heavy atom. The van der Waals surface area contributed by atoms with Crippen molar-refractivity contribution in [2.45, 2.75) is 26.3 Å². The summed E-state index contributed by atoms with van der Waals surface area (Å²) in [5.41, 5.74) is 4.80. The van der Waals surface area contributed by atoms with Crippen molar-refractivity contribution in [1.29, 1.82) is 5.26 Å². The average Bonchev–Trinajstić information content (AvgIpc) is 2.76. The molecule has 0 saturated heterocycles. The van der Waals surface area contributed by atoms with Gasteiger partial charge in [-0.1, -0.05) is 29.8 Å². The van der Waals surface area contributed by atoms with Crippen LogP contribution in [0.15, 0.2) is 48.8 Å². The van der Waals surface area contributed by atoms with E-state index in [9.17, 15) is 10.1 Å². The molecule has 0 unspecified atom stereocenters. The lowest BCUT2D eigenvalue weighted by molar-refractivity contribution is -0.136. The Kier molecular flexibility index (Phi) is 6.60. The van der Waals surface area contributed by atoms with E-state index in [1.165, 1.54) is 12.7 Å². The minimum absolute atomic E-state index is 0.0526. The number of carbonyl (C=O) groups is 1. The van der Waals surface area contributed by atoms with Gasteiger partial charge < -0.3 is 15.2 Å². The quantitative estimate of drug-likeness (QED) is 0.587. The van der Waals surface area contributed by atoms with Crippen molar-refractivity contribution in [3.63, 3.8) is 0 Å². The highest BCUT2D eigenvalue weighted by Gasteiger charge is 2.14. The molecule has 0 saturated carbocycles. The summed E-state index contributed by atoms with van der Waals surface area (Å²) in [5.74, 6) is -0.00595. The molecule has 0 aliphatic rings. The fraction of sp³-hybridized carbons (Fsp3) is 0.217. The second-order valence-corrected chi connectivity index (χ2v) is 6.86. The fourth-order valence-electron chi connectivity index (χ4n) is 3.18. The molecule has 0 aliphatic carbocycles. The molecule has 0 aliphatic heterocycles. The Morgan fingerprint density at radius 1 is 1.20 bits per heavy atom. The van der Waals surface area contributed by atoms with Crippen LogP contribution in [0.4, 0.5) is 5.95 Å². The molecule has 1 aromatic heterocycles. The first-order chi connectivity index (χ1) is 14.5. The van der Waals surface area contributed by atoms with Gasteiger partial charge in [-0.2, -0.15) is 5.26 Å². The first-order valence-corrected chi connectivity index (χ1v) is 9.44. The van der Waals surface area contributed by atoms with Crippen molar-refractivity contribution < 1.29 is 14.6 Å². The van der Waals surface area contributed by atoms with Gasteiger partial charge in [-0.05, 0) is 42.2 Å². The van der Waals surface area contributed by atoms with E-state index in [0.29, 0.717) is 29.4 Å². The summed E-state index contributed by atoms with van der Waals surface area (Å²) in [4.78, 5) is 19.7. The number of benzene rings is 2. The molecule has 2 aromatic carbocycles. The van der Waals surface area contributed by atoms with Gasteiger partial charge in [-0.15, -0.1) is 0 Å². The van der Waals surface area contributed by atoms with Gasteiger partial charge >= 0.3 is 5.97 Å². The number of nitriles is 1. The number of nitrogens with zero attached hydrogens (tertiary/aromatic N) is 3. The molecule has 2 N–H and O–H groups in total. The van der Waals surface area contributed by atoms with Crippen molar-refractivity contribution in [1.82, 2.24) is 9.97 Å². The Labute approximate surface area is 175 Å². The van der Waals surface area contributed by atoms with Crippen molar-refractivity contribution in [2.75, 3.05) is 12.4 Å². The normalized spacial score (nSPS) is 10.3. The monoisotopic (exact) mass is 402 g/mol. The zero-order chi connectivity index (χ0) is 21.5. The molecule has 0 fully saturated rings. The molecule has 3 aromatic rings. The summed E-state index contributed by atoms with van der Waals surface area (Å²) in [6, 6.07) is 13.8. The molecule has 0 spiro atoms. The van der Waals surface area contributed by atoms with Crippen LogP contribution in [0.3, 0.4) is 0 Å². The number of ether oxygens (including phenoxy) is 1. The van der Waals surface area contributed by atoms with Gasteiger partial charge in [0.1, 0.15) is 11.8 Å². The zero-order valence-corrected chi connectivity index (χ0v) is 16.8. The SMILES string of the molecule is COc1c(C#N)cc(-c2cnc(NCc3cccc(C)c3)nc2)cc1CCC(=O)O. The third kappa shape index (κ3) is 5.11. The second-order valence-electron chi connectivity index (χ2n) is 6.86. The first kappa shape index (κ1) is 20.8. The predicted octanol–water partition coefficient (Wildman–Crippen LogP) is 3.96. The lowest BCUT2D eigenvalue weighted by Gasteiger charge is -2.13. The van der Waals surface area contributed by atoms with Crippen LogP contribution in [0.25, 0.3) is 11.1 Å². The van der Waals surface area contributed by atoms with E-state index in [4.69, 9.17) is 9.84 Å². The van der Waals surface area contributed by atoms with Crippen LogP contribution in [0.5, 0.6) is 5.75 Å². The van der Waals surface area contributed by atoms with Crippen molar-refractivity contribution in [3.05, 3.63) is 71.0 Å². The number of rotatable bonds is 8. The van der Waals surface area contributed by atoms with Gasteiger partial charge in [0.15, 0.2) is 0 Å². The molecule has 0 bridgehead atoms. The van der Waals surface area contributed by atoms with Gasteiger partial charge in [-0.25, -0.2) is 9.97 Å². The van der Waals surface area contributed by atoms with Crippen LogP contribution in [0.1, 0.15) is 28.7 Å². The average molecular weight is 402 g/mol. The van der Waals surface area contributed by atoms with E-state index in [0.717, 1.165) is 16.7 Å². The lowest BCUT2D eigenvalue weighted by Crippen LogP contribution is -2.04. The van der Waals surface area contributed by atoms with Crippen molar-refractivity contribution in [3.8, 4) is 22.9 Å². The number of hydrogen-bond acceptors (Lipinski definition) is 6. The Bertz CT molecular complexity index is 1090. The number of methoxy groups -OCH3 is 1. The van der Waals surface area contributed by atoms with Crippen molar-refractivity contribution in [2.24, 2.45) is 0 Å². The molecule has 0 amide bonds. The molecule has 0 radical (unpaired) electrons. The Hall–Kier alpha value is -3.92. The van der Waals surface area contributed by atoms with Gasteiger partial charge in [0.25, 0.3) is 0 Å². The second kappa shape index (κ2) is 9.52. The third-order valence-electron chi connectivity index (χ3n) is 4.62. The maximum Gasteiger partial charge on any atom is 0.303 e. The predicted molar refractivity (Wildman–Crippen MR) is 113 cm³/mol. The van der Waals surface area contributed by atoms with Gasteiger partial charge in [0.05, 0.1) is 12.7 Å². The number of carboxylic acid groups (broad SMARTS) is 1. The zero-order valence-electron chi connectivity index (χ0n) is 16.8. The fourth-order valence-corrected chi connectivity index (χ4v) is 3.18. The number of hydrogen-bond donors (Lipinski definition) is 2. The molecule has 3 rings (SSSR count). The van der Waals surface area contributed by atoms with Gasteiger partial charge in [-0.3, -0.25) is 4.79 Å². The number of aromatic nitrogens is 2. The molecule has 0 atom stereocenters. The topological polar surface area (TPSA) is 108 Å². The summed E-state index contributed by atoms with van der Waals surface area (Å²) in [6.45, 7) is 2.66. The summed E-state index contributed by atoms with van der Waals surface area (Å²) < 4.78 is 5.34.